The Labute approximate surface area is 156 Å². The van der Waals surface area contributed by atoms with E-state index in [4.69, 9.17) is 11.6 Å². The van der Waals surface area contributed by atoms with Crippen molar-refractivity contribution in [1.82, 2.24) is 19.7 Å². The van der Waals surface area contributed by atoms with Crippen molar-refractivity contribution >= 4 is 17.5 Å². The van der Waals surface area contributed by atoms with Crippen molar-refractivity contribution in [3.05, 3.63) is 55.8 Å². The molecule has 0 spiro atoms. The molecule has 1 saturated heterocycles. The zero-order valence-corrected chi connectivity index (χ0v) is 15.7. The van der Waals surface area contributed by atoms with Crippen LogP contribution in [0.15, 0.2) is 33.9 Å². The Balaban J connectivity index is 1.66. The van der Waals surface area contributed by atoms with Gasteiger partial charge in [-0.25, -0.2) is 24.4 Å². The van der Waals surface area contributed by atoms with Gasteiger partial charge < -0.3 is 4.90 Å². The number of carbonyl (C=O) groups excluding carboxylic acids is 1. The number of nitrogens with one attached hydrogen (secondary N) is 2. The highest BCUT2D eigenvalue weighted by atomic mass is 35.5. The topological polar surface area (TPSA) is 91.0 Å². The van der Waals surface area contributed by atoms with E-state index in [2.05, 4.69) is 24.0 Å². The fourth-order valence-corrected chi connectivity index (χ4v) is 4.16. The highest BCUT2D eigenvalue weighted by Crippen LogP contribution is 2.44. The molecule has 0 saturated carbocycles. The molecule has 8 heteroatoms. The number of aromatic amines is 2. The van der Waals surface area contributed by atoms with Crippen LogP contribution < -0.4 is 11.4 Å². The molecule has 0 radical (unpaired) electrons. The molecule has 140 valence electrons. The van der Waals surface area contributed by atoms with Crippen LogP contribution in [0.4, 0.5) is 0 Å². The van der Waals surface area contributed by atoms with E-state index in [0.29, 0.717) is 13.0 Å². The third-order valence-corrected chi connectivity index (χ3v) is 5.65. The number of aromatic nitrogens is 3. The van der Waals surface area contributed by atoms with Crippen molar-refractivity contribution in [3.8, 4) is 0 Å². The van der Waals surface area contributed by atoms with Gasteiger partial charge in [0, 0.05) is 36.0 Å². The second kappa shape index (κ2) is 7.15. The van der Waals surface area contributed by atoms with E-state index in [1.807, 2.05) is 29.2 Å². The highest BCUT2D eigenvalue weighted by Gasteiger charge is 2.44. The molecule has 0 aliphatic carbocycles. The molecule has 1 atom stereocenters. The van der Waals surface area contributed by atoms with E-state index >= 15 is 0 Å². The molecular weight excluding hydrogens is 356 g/mol. The van der Waals surface area contributed by atoms with Crippen molar-refractivity contribution in [2.45, 2.75) is 51.1 Å². The number of rotatable bonds is 5. The van der Waals surface area contributed by atoms with Crippen LogP contribution in [0.5, 0.6) is 0 Å². The van der Waals surface area contributed by atoms with E-state index in [1.54, 1.807) is 0 Å². The van der Waals surface area contributed by atoms with E-state index in [0.717, 1.165) is 21.6 Å². The van der Waals surface area contributed by atoms with Crippen LogP contribution in [-0.2, 0) is 11.3 Å². The molecule has 2 N–H and O–H groups in total. The number of H-pyrrole nitrogens is 2. The summed E-state index contributed by atoms with van der Waals surface area (Å²) in [5.41, 5.74) is -0.241. The summed E-state index contributed by atoms with van der Waals surface area (Å²) in [6.07, 6.45) is 1.58. The second-order valence-corrected chi connectivity index (χ2v) is 7.58. The molecular formula is C18H23ClN4O3. The lowest BCUT2D eigenvalue weighted by molar-refractivity contribution is -0.134. The first-order chi connectivity index (χ1) is 12.3. The normalized spacial score (nSPS) is 19.0. The van der Waals surface area contributed by atoms with Crippen LogP contribution in [0.25, 0.3) is 0 Å². The lowest BCUT2D eigenvalue weighted by Crippen LogP contribution is -2.45. The van der Waals surface area contributed by atoms with Gasteiger partial charge in [-0.15, -0.1) is 0 Å². The number of hydrogen-bond acceptors (Lipinski definition) is 3. The summed E-state index contributed by atoms with van der Waals surface area (Å²) in [5.74, 6) is 0.208. The Bertz CT molecular complexity index is 884. The Hall–Kier alpha value is -2.28. The van der Waals surface area contributed by atoms with Crippen LogP contribution in [-0.4, -0.2) is 37.7 Å². The van der Waals surface area contributed by atoms with Crippen LogP contribution in [0.1, 0.15) is 44.6 Å². The summed E-state index contributed by atoms with van der Waals surface area (Å²) < 4.78 is 1.06. The Morgan fingerprint density at radius 1 is 1.23 bits per heavy atom. The lowest BCUT2D eigenvalue weighted by Gasteiger charge is -2.36. The molecule has 0 bridgehead atoms. The third kappa shape index (κ3) is 3.35. The zero-order chi connectivity index (χ0) is 18.9. The highest BCUT2D eigenvalue weighted by molar-refractivity contribution is 6.31. The summed E-state index contributed by atoms with van der Waals surface area (Å²) in [4.78, 5) is 37.6. The number of hydrogen-bond donors (Lipinski definition) is 2. The van der Waals surface area contributed by atoms with Crippen molar-refractivity contribution < 1.29 is 4.79 Å². The first kappa shape index (κ1) is 18.5. The van der Waals surface area contributed by atoms with Gasteiger partial charge in [0.05, 0.1) is 0 Å². The number of halogens is 1. The number of carbonyl (C=O) groups is 1. The summed E-state index contributed by atoms with van der Waals surface area (Å²) in [6, 6.07) is 7.77. The van der Waals surface area contributed by atoms with Gasteiger partial charge in [0.1, 0.15) is 0 Å². The van der Waals surface area contributed by atoms with Crippen LogP contribution >= 0.6 is 11.6 Å². The molecule has 1 aromatic heterocycles. The van der Waals surface area contributed by atoms with Crippen molar-refractivity contribution in [1.29, 1.82) is 0 Å². The number of likely N-dealkylation sites (tertiary alicyclic amines) is 1. The predicted molar refractivity (Wildman–Crippen MR) is 99.5 cm³/mol. The predicted octanol–water partition coefficient (Wildman–Crippen LogP) is 2.09. The van der Waals surface area contributed by atoms with Gasteiger partial charge in [-0.1, -0.05) is 29.8 Å². The van der Waals surface area contributed by atoms with E-state index in [9.17, 15) is 14.4 Å². The fourth-order valence-electron chi connectivity index (χ4n) is 3.89. The van der Waals surface area contributed by atoms with Gasteiger partial charge in [0.15, 0.2) is 0 Å². The first-order valence-electron chi connectivity index (χ1n) is 8.74. The van der Waals surface area contributed by atoms with Gasteiger partial charge in [0.2, 0.25) is 5.91 Å². The van der Waals surface area contributed by atoms with Gasteiger partial charge in [-0.05, 0) is 38.3 Å². The number of benzene rings is 1. The molecule has 1 aromatic carbocycles. The van der Waals surface area contributed by atoms with Gasteiger partial charge in [-0.2, -0.15) is 0 Å². The van der Waals surface area contributed by atoms with E-state index in [-0.39, 0.29) is 30.3 Å². The minimum Gasteiger partial charge on any atom is -0.337 e. The summed E-state index contributed by atoms with van der Waals surface area (Å²) in [6.45, 7) is 5.01. The average Bonchev–Trinajstić information content (AvgIpc) is 3.07. The van der Waals surface area contributed by atoms with Crippen LogP contribution in [0, 0.1) is 0 Å². The average molecular weight is 379 g/mol. The monoisotopic (exact) mass is 378 g/mol. The number of amides is 1. The minimum atomic E-state index is -0.484. The molecule has 1 fully saturated rings. The molecule has 2 heterocycles. The Morgan fingerprint density at radius 3 is 2.54 bits per heavy atom. The minimum absolute atomic E-state index is 0.0320. The molecule has 1 aliphatic rings. The SMILES string of the molecule is CC1(C)C(c2ccccc2Cl)CCN1C(=O)CCCn1c(=O)[nH][nH]c1=O. The van der Waals surface area contributed by atoms with Gasteiger partial charge in [0.25, 0.3) is 0 Å². The molecule has 7 nitrogen and oxygen atoms in total. The number of nitrogens with zero attached hydrogens (tertiary/aromatic N) is 2. The molecule has 1 amide bonds. The van der Waals surface area contributed by atoms with Gasteiger partial charge >= 0.3 is 11.4 Å². The fraction of sp³-hybridized carbons (Fsp3) is 0.500. The maximum Gasteiger partial charge on any atom is 0.344 e. The van der Waals surface area contributed by atoms with Crippen molar-refractivity contribution in [2.75, 3.05) is 6.54 Å². The third-order valence-electron chi connectivity index (χ3n) is 5.31. The maximum atomic E-state index is 12.7. The molecule has 1 aliphatic heterocycles. The molecule has 26 heavy (non-hydrogen) atoms. The first-order valence-corrected chi connectivity index (χ1v) is 9.12. The smallest absolute Gasteiger partial charge is 0.337 e. The quantitative estimate of drug-likeness (QED) is 0.834. The summed E-state index contributed by atoms with van der Waals surface area (Å²) in [5, 5.41) is 5.20. The lowest BCUT2D eigenvalue weighted by atomic mass is 9.82. The van der Waals surface area contributed by atoms with E-state index < -0.39 is 11.4 Å². The Morgan fingerprint density at radius 2 is 1.88 bits per heavy atom. The maximum absolute atomic E-state index is 12.7. The van der Waals surface area contributed by atoms with E-state index in [1.165, 1.54) is 0 Å². The van der Waals surface area contributed by atoms with Crippen LogP contribution in [0.3, 0.4) is 0 Å². The summed E-state index contributed by atoms with van der Waals surface area (Å²) in [7, 11) is 0. The molecule has 1 unspecified atom stereocenters. The van der Waals surface area contributed by atoms with Gasteiger partial charge in [-0.3, -0.25) is 4.79 Å². The molecule has 2 aromatic rings. The Kier molecular flexibility index (Phi) is 5.09. The largest absolute Gasteiger partial charge is 0.344 e. The second-order valence-electron chi connectivity index (χ2n) is 7.18. The van der Waals surface area contributed by atoms with Crippen LogP contribution in [0.2, 0.25) is 5.02 Å². The zero-order valence-electron chi connectivity index (χ0n) is 14.9. The summed E-state index contributed by atoms with van der Waals surface area (Å²) >= 11 is 6.36. The molecule has 3 rings (SSSR count). The standard InChI is InChI=1S/C18H23ClN4O3/c1-18(2)13(12-6-3-4-7-14(12)19)9-11-23(18)15(24)8-5-10-22-16(25)20-21-17(22)26/h3-4,6-7,13H,5,8-11H2,1-2H3,(H,20,25)(H,21,26). The van der Waals surface area contributed by atoms with Crippen molar-refractivity contribution in [2.24, 2.45) is 0 Å². The van der Waals surface area contributed by atoms with Crippen molar-refractivity contribution in [3.63, 3.8) is 0 Å².